The predicted molar refractivity (Wildman–Crippen MR) is 165 cm³/mol. The Bertz CT molecular complexity index is 1550. The Labute approximate surface area is 256 Å². The van der Waals surface area contributed by atoms with Gasteiger partial charge in [0.1, 0.15) is 23.0 Å². The molecular formula is C33H37N5O6. The van der Waals surface area contributed by atoms with Gasteiger partial charge in [0.25, 0.3) is 0 Å². The number of Topliss-reactive ketones (excluding diaryl/α,β-unsaturated/α-hetero) is 1. The van der Waals surface area contributed by atoms with Gasteiger partial charge in [-0.05, 0) is 42.8 Å². The third kappa shape index (κ3) is 7.42. The van der Waals surface area contributed by atoms with E-state index in [4.69, 9.17) is 23.7 Å². The fourth-order valence-electron chi connectivity index (χ4n) is 5.29. The number of ether oxygens (including phenoxy) is 5. The van der Waals surface area contributed by atoms with Crippen molar-refractivity contribution in [3.63, 3.8) is 0 Å². The smallest absolute Gasteiger partial charge is 0.187 e. The van der Waals surface area contributed by atoms with Crippen LogP contribution in [0.25, 0.3) is 10.9 Å². The molecule has 0 saturated carbocycles. The molecule has 3 aromatic heterocycles. The van der Waals surface area contributed by atoms with E-state index in [0.29, 0.717) is 54.2 Å². The molecule has 2 saturated heterocycles. The number of aromatic nitrogens is 3. The van der Waals surface area contributed by atoms with E-state index in [0.717, 1.165) is 69.1 Å². The van der Waals surface area contributed by atoms with Crippen LogP contribution in [0.5, 0.6) is 23.0 Å². The van der Waals surface area contributed by atoms with E-state index in [1.165, 1.54) is 0 Å². The summed E-state index contributed by atoms with van der Waals surface area (Å²) in [6, 6.07) is 14.7. The van der Waals surface area contributed by atoms with Gasteiger partial charge in [0, 0.05) is 56.1 Å². The van der Waals surface area contributed by atoms with Gasteiger partial charge in [-0.1, -0.05) is 6.07 Å². The van der Waals surface area contributed by atoms with Gasteiger partial charge in [-0.15, -0.1) is 0 Å². The third-order valence-corrected chi connectivity index (χ3v) is 7.69. The molecule has 2 aliphatic rings. The molecule has 2 fully saturated rings. The van der Waals surface area contributed by atoms with E-state index in [2.05, 4.69) is 24.8 Å². The quantitative estimate of drug-likeness (QED) is 0.173. The second-order valence-corrected chi connectivity index (χ2v) is 10.7. The molecule has 4 aromatic rings. The second kappa shape index (κ2) is 14.4. The number of hydrogen-bond acceptors (Lipinski definition) is 11. The summed E-state index contributed by atoms with van der Waals surface area (Å²) < 4.78 is 28.8. The number of nitrogens with zero attached hydrogens (tertiary/aromatic N) is 5. The zero-order valence-electron chi connectivity index (χ0n) is 24.9. The summed E-state index contributed by atoms with van der Waals surface area (Å²) in [7, 11) is 1.62. The first-order valence-electron chi connectivity index (χ1n) is 15.0. The molecule has 1 aromatic carbocycles. The molecule has 0 unspecified atom stereocenters. The van der Waals surface area contributed by atoms with Crippen LogP contribution in [-0.4, -0.2) is 98.5 Å². The lowest BCUT2D eigenvalue weighted by Gasteiger charge is -2.27. The van der Waals surface area contributed by atoms with Crippen LogP contribution in [0.4, 0.5) is 5.82 Å². The summed E-state index contributed by atoms with van der Waals surface area (Å²) in [6.45, 7) is 7.89. The van der Waals surface area contributed by atoms with Crippen molar-refractivity contribution in [1.29, 1.82) is 0 Å². The van der Waals surface area contributed by atoms with Crippen LogP contribution >= 0.6 is 0 Å². The molecule has 0 amide bonds. The van der Waals surface area contributed by atoms with Crippen LogP contribution in [0.15, 0.2) is 60.9 Å². The average Bonchev–Trinajstić information content (AvgIpc) is 3.08. The number of morpholine rings is 2. The Morgan fingerprint density at radius 2 is 1.73 bits per heavy atom. The van der Waals surface area contributed by atoms with Gasteiger partial charge in [-0.25, -0.2) is 4.98 Å². The second-order valence-electron chi connectivity index (χ2n) is 10.7. The van der Waals surface area contributed by atoms with Gasteiger partial charge in [0.2, 0.25) is 0 Å². The zero-order valence-corrected chi connectivity index (χ0v) is 24.9. The van der Waals surface area contributed by atoms with Crippen LogP contribution in [-0.2, 0) is 15.9 Å². The van der Waals surface area contributed by atoms with Crippen LogP contribution in [0.3, 0.4) is 0 Å². The number of fused-ring (bicyclic) bond motifs is 1. The molecule has 0 atom stereocenters. The van der Waals surface area contributed by atoms with Crippen molar-refractivity contribution in [3.05, 3.63) is 72.3 Å². The van der Waals surface area contributed by atoms with Gasteiger partial charge in [0.05, 0.1) is 58.3 Å². The first-order chi connectivity index (χ1) is 21.7. The van der Waals surface area contributed by atoms with E-state index in [1.54, 1.807) is 37.7 Å². The standard InChI is InChI=1S/C33H37N5O6/c1-40-31-21-26-28(22-32(31)43-15-3-10-37-11-16-41-17-12-37)34-9-8-30(26)44-25-7-6-24(35-23-25)20-29(39)27-4-2-5-33(36-27)38-13-18-42-19-14-38/h2,4-9,21-23H,3,10-20H2,1H3. The number of methoxy groups -OCH3 is 1. The number of carbonyl (C=O) groups excluding carboxylic acids is 1. The molecular weight excluding hydrogens is 562 g/mol. The summed E-state index contributed by atoms with van der Waals surface area (Å²) in [5.41, 5.74) is 1.79. The van der Waals surface area contributed by atoms with Crippen molar-refractivity contribution < 1.29 is 28.5 Å². The zero-order chi connectivity index (χ0) is 30.1. The minimum absolute atomic E-state index is 0.0902. The van der Waals surface area contributed by atoms with Crippen LogP contribution in [0, 0.1) is 0 Å². The average molecular weight is 600 g/mol. The minimum atomic E-state index is -0.0902. The highest BCUT2D eigenvalue weighted by Crippen LogP contribution is 2.37. The van der Waals surface area contributed by atoms with Gasteiger partial charge < -0.3 is 28.6 Å². The number of anilines is 1. The fourth-order valence-corrected chi connectivity index (χ4v) is 5.29. The third-order valence-electron chi connectivity index (χ3n) is 7.69. The number of pyridine rings is 3. The summed E-state index contributed by atoms with van der Waals surface area (Å²) in [5, 5.41) is 0.787. The SMILES string of the molecule is COc1cc2c(Oc3ccc(CC(=O)c4cccc(N5CCOCC5)n4)nc3)ccnc2cc1OCCCN1CCOCC1. The maximum Gasteiger partial charge on any atom is 0.187 e. The number of carbonyl (C=O) groups is 1. The minimum Gasteiger partial charge on any atom is -0.493 e. The fraction of sp³-hybridized carbons (Fsp3) is 0.394. The molecule has 5 heterocycles. The summed E-state index contributed by atoms with van der Waals surface area (Å²) in [5.74, 6) is 3.12. The van der Waals surface area contributed by atoms with Crippen LogP contribution < -0.4 is 19.1 Å². The number of hydrogen-bond donors (Lipinski definition) is 0. The van der Waals surface area contributed by atoms with Crippen molar-refractivity contribution in [3.8, 4) is 23.0 Å². The van der Waals surface area contributed by atoms with Gasteiger partial charge in [-0.3, -0.25) is 19.7 Å². The Balaban J connectivity index is 1.08. The van der Waals surface area contributed by atoms with E-state index >= 15 is 0 Å². The molecule has 11 nitrogen and oxygen atoms in total. The first-order valence-corrected chi connectivity index (χ1v) is 15.0. The molecule has 2 aliphatic heterocycles. The van der Waals surface area contributed by atoms with E-state index in [-0.39, 0.29) is 12.2 Å². The number of rotatable bonds is 12. The van der Waals surface area contributed by atoms with Crippen molar-refractivity contribution in [2.75, 3.05) is 77.8 Å². The molecule has 0 N–H and O–H groups in total. The summed E-state index contributed by atoms with van der Waals surface area (Å²) in [6.07, 6.45) is 4.37. The Morgan fingerprint density at radius 3 is 2.50 bits per heavy atom. The monoisotopic (exact) mass is 599 g/mol. The highest BCUT2D eigenvalue weighted by molar-refractivity contribution is 5.96. The predicted octanol–water partition coefficient (Wildman–Crippen LogP) is 4.19. The van der Waals surface area contributed by atoms with Gasteiger partial charge in [-0.2, -0.15) is 0 Å². The lowest BCUT2D eigenvalue weighted by molar-refractivity contribution is 0.0357. The maximum atomic E-state index is 13.0. The van der Waals surface area contributed by atoms with Crippen molar-refractivity contribution in [1.82, 2.24) is 19.9 Å². The molecule has 0 bridgehead atoms. The molecule has 0 aliphatic carbocycles. The van der Waals surface area contributed by atoms with Crippen molar-refractivity contribution in [2.24, 2.45) is 0 Å². The molecule has 11 heteroatoms. The Hall–Kier alpha value is -4.32. The van der Waals surface area contributed by atoms with E-state index in [9.17, 15) is 4.79 Å². The number of ketones is 1. The Morgan fingerprint density at radius 1 is 0.909 bits per heavy atom. The lowest BCUT2D eigenvalue weighted by Crippen LogP contribution is -2.37. The molecule has 0 spiro atoms. The molecule has 6 rings (SSSR count). The van der Waals surface area contributed by atoms with E-state index in [1.807, 2.05) is 30.3 Å². The highest BCUT2D eigenvalue weighted by atomic mass is 16.5. The lowest BCUT2D eigenvalue weighted by atomic mass is 10.1. The molecule has 230 valence electrons. The van der Waals surface area contributed by atoms with Crippen LogP contribution in [0.2, 0.25) is 0 Å². The van der Waals surface area contributed by atoms with Crippen molar-refractivity contribution >= 4 is 22.5 Å². The van der Waals surface area contributed by atoms with E-state index < -0.39 is 0 Å². The highest BCUT2D eigenvalue weighted by Gasteiger charge is 2.17. The normalized spacial score (nSPS) is 15.7. The van der Waals surface area contributed by atoms with Crippen molar-refractivity contribution in [2.45, 2.75) is 12.8 Å². The summed E-state index contributed by atoms with van der Waals surface area (Å²) in [4.78, 5) is 31.1. The summed E-state index contributed by atoms with van der Waals surface area (Å²) >= 11 is 0. The largest absolute Gasteiger partial charge is 0.493 e. The molecule has 44 heavy (non-hydrogen) atoms. The number of benzene rings is 1. The van der Waals surface area contributed by atoms with Gasteiger partial charge in [0.15, 0.2) is 17.3 Å². The topological polar surface area (TPSA) is 108 Å². The Kier molecular flexibility index (Phi) is 9.76. The van der Waals surface area contributed by atoms with Gasteiger partial charge >= 0.3 is 0 Å². The molecule has 0 radical (unpaired) electrons. The van der Waals surface area contributed by atoms with Crippen LogP contribution in [0.1, 0.15) is 22.6 Å². The maximum absolute atomic E-state index is 13.0. The first kappa shape index (κ1) is 29.7.